The Morgan fingerprint density at radius 3 is 0.967 bits per heavy atom. The Kier molecular flexibility index (Phi) is 20.7. The van der Waals surface area contributed by atoms with E-state index in [0.29, 0.717) is 26.4 Å². The highest BCUT2D eigenvalue weighted by Gasteiger charge is 2.21. The SMILES string of the molecule is CCOP(=S)(OCC)SCSC(C)(C)C.CCOP(=S)(OCC)SCSC(C)(C)C. The first-order valence-electron chi connectivity index (χ1n) is 10.0. The lowest BCUT2D eigenvalue weighted by Crippen LogP contribution is -2.07. The largest absolute Gasteiger partial charge is 0.322 e. The first-order valence-corrected chi connectivity index (χ1v) is 20.4. The Bertz CT molecular complexity index is 458. The van der Waals surface area contributed by atoms with Crippen molar-refractivity contribution in [3.05, 3.63) is 0 Å². The Balaban J connectivity index is 0. The fourth-order valence-electron chi connectivity index (χ4n) is 1.39. The average molecular weight is 577 g/mol. The monoisotopic (exact) mass is 576 g/mol. The molecule has 0 aromatic carbocycles. The van der Waals surface area contributed by atoms with Crippen LogP contribution in [0.4, 0.5) is 0 Å². The van der Waals surface area contributed by atoms with Crippen LogP contribution in [0, 0.1) is 0 Å². The second-order valence-electron chi connectivity index (χ2n) is 7.57. The molecule has 0 aliphatic carbocycles. The average Bonchev–Trinajstić information content (AvgIpc) is 2.53. The third kappa shape index (κ3) is 22.3. The maximum Gasteiger partial charge on any atom is 0.248 e. The quantitative estimate of drug-likeness (QED) is 0.148. The minimum Gasteiger partial charge on any atom is -0.322 e. The van der Waals surface area contributed by atoms with Gasteiger partial charge in [0, 0.05) is 19.7 Å². The summed E-state index contributed by atoms with van der Waals surface area (Å²) in [7, 11) is 0. The van der Waals surface area contributed by atoms with E-state index in [4.69, 9.17) is 41.7 Å². The van der Waals surface area contributed by atoms with Gasteiger partial charge in [-0.25, -0.2) is 0 Å². The van der Waals surface area contributed by atoms with Crippen molar-refractivity contribution in [3.8, 4) is 0 Å². The molecule has 4 nitrogen and oxygen atoms in total. The number of thioether (sulfide) groups is 2. The second kappa shape index (κ2) is 17.9. The molecule has 0 heterocycles. The summed E-state index contributed by atoms with van der Waals surface area (Å²) < 4.78 is 22.7. The van der Waals surface area contributed by atoms with E-state index in [1.165, 1.54) is 0 Å². The molecule has 0 aliphatic heterocycles. The molecule has 0 aliphatic rings. The molecule has 0 spiro atoms. The van der Waals surface area contributed by atoms with E-state index < -0.39 is 11.4 Å². The van der Waals surface area contributed by atoms with Crippen LogP contribution in [0.15, 0.2) is 0 Å². The molecule has 0 fully saturated rings. The maximum atomic E-state index is 5.54. The molecular weight excluding hydrogens is 535 g/mol. The molecule has 0 atom stereocenters. The van der Waals surface area contributed by atoms with Crippen LogP contribution < -0.4 is 0 Å². The lowest BCUT2D eigenvalue weighted by Gasteiger charge is -2.22. The van der Waals surface area contributed by atoms with Crippen molar-refractivity contribution in [3.63, 3.8) is 0 Å². The van der Waals surface area contributed by atoms with Crippen LogP contribution in [0.25, 0.3) is 0 Å². The highest BCUT2D eigenvalue weighted by molar-refractivity contribution is 8.70. The van der Waals surface area contributed by atoms with Crippen molar-refractivity contribution in [2.24, 2.45) is 0 Å². The van der Waals surface area contributed by atoms with Gasteiger partial charge in [-0.15, -0.1) is 23.5 Å². The van der Waals surface area contributed by atoms with Gasteiger partial charge < -0.3 is 18.1 Å². The highest BCUT2D eigenvalue weighted by Crippen LogP contribution is 2.62. The topological polar surface area (TPSA) is 36.9 Å². The van der Waals surface area contributed by atoms with E-state index in [0.717, 1.165) is 10.2 Å². The molecule has 0 bridgehead atoms. The summed E-state index contributed by atoms with van der Waals surface area (Å²) in [5.74, 6) is 0. The van der Waals surface area contributed by atoms with E-state index in [2.05, 4.69) is 41.5 Å². The van der Waals surface area contributed by atoms with Gasteiger partial charge in [-0.1, -0.05) is 64.3 Å². The van der Waals surface area contributed by atoms with Gasteiger partial charge in [-0.05, 0) is 51.3 Å². The zero-order chi connectivity index (χ0) is 23.9. The van der Waals surface area contributed by atoms with Crippen LogP contribution in [0.2, 0.25) is 0 Å². The van der Waals surface area contributed by atoms with Crippen molar-refractivity contribution >= 4 is 81.3 Å². The Morgan fingerprint density at radius 1 is 0.567 bits per heavy atom. The number of rotatable bonds is 14. The number of hydrogen-bond donors (Lipinski definition) is 0. The van der Waals surface area contributed by atoms with E-state index in [-0.39, 0.29) is 9.49 Å². The standard InChI is InChI=1S/2C9H21O2PS3/c2*1-6-10-12(13,11-7-2)15-8-14-9(3,4)5/h2*6-8H2,1-5H3. The molecular formula is C18H42O4P2S6. The van der Waals surface area contributed by atoms with Crippen molar-refractivity contribution in [2.75, 3.05) is 36.6 Å². The Labute approximate surface area is 213 Å². The van der Waals surface area contributed by atoms with Crippen molar-refractivity contribution in [2.45, 2.75) is 78.7 Å². The van der Waals surface area contributed by atoms with Gasteiger partial charge >= 0.3 is 0 Å². The minimum absolute atomic E-state index is 0.269. The van der Waals surface area contributed by atoms with E-state index in [1.54, 1.807) is 22.8 Å². The molecule has 0 aromatic heterocycles. The first-order chi connectivity index (χ1) is 13.7. The fourth-order valence-corrected chi connectivity index (χ4v) is 16.4. The van der Waals surface area contributed by atoms with Crippen LogP contribution in [-0.4, -0.2) is 46.1 Å². The smallest absolute Gasteiger partial charge is 0.248 e. The van der Waals surface area contributed by atoms with Crippen LogP contribution in [-0.2, 0) is 41.7 Å². The van der Waals surface area contributed by atoms with Gasteiger partial charge in [-0.3, -0.25) is 0 Å². The summed E-state index contributed by atoms with van der Waals surface area (Å²) in [5, 5.41) is 1.86. The van der Waals surface area contributed by atoms with Gasteiger partial charge in [0.2, 0.25) is 11.4 Å². The summed E-state index contributed by atoms with van der Waals surface area (Å²) in [6.07, 6.45) is 0. The van der Waals surface area contributed by atoms with Crippen LogP contribution >= 0.6 is 57.7 Å². The third-order valence-corrected chi connectivity index (χ3v) is 17.2. The van der Waals surface area contributed by atoms with Crippen molar-refractivity contribution < 1.29 is 18.1 Å². The summed E-state index contributed by atoms with van der Waals surface area (Å²) in [5.41, 5.74) is -4.15. The maximum absolute atomic E-state index is 5.54. The molecule has 184 valence electrons. The van der Waals surface area contributed by atoms with E-state index in [1.807, 2.05) is 51.2 Å². The summed E-state index contributed by atoms with van der Waals surface area (Å²) in [6, 6.07) is 0. The van der Waals surface area contributed by atoms with Gasteiger partial charge in [0.15, 0.2) is 0 Å². The summed E-state index contributed by atoms with van der Waals surface area (Å²) >= 11 is 17.9. The van der Waals surface area contributed by atoms with Gasteiger partial charge in [0.1, 0.15) is 0 Å². The van der Waals surface area contributed by atoms with Crippen molar-refractivity contribution in [1.82, 2.24) is 0 Å². The van der Waals surface area contributed by atoms with E-state index in [9.17, 15) is 0 Å². The minimum atomic E-state index is -2.08. The molecule has 0 aromatic rings. The Morgan fingerprint density at radius 2 is 0.800 bits per heavy atom. The predicted molar refractivity (Wildman–Crippen MR) is 155 cm³/mol. The molecule has 0 radical (unpaired) electrons. The predicted octanol–water partition coefficient (Wildman–Crippen LogP) is 9.01. The molecule has 0 saturated carbocycles. The van der Waals surface area contributed by atoms with Crippen LogP contribution in [0.1, 0.15) is 69.2 Å². The zero-order valence-corrected chi connectivity index (χ0v) is 26.9. The first kappa shape index (κ1) is 34.7. The van der Waals surface area contributed by atoms with E-state index >= 15 is 0 Å². The van der Waals surface area contributed by atoms with Crippen LogP contribution in [0.5, 0.6) is 0 Å². The molecule has 0 amide bonds. The summed E-state index contributed by atoms with van der Waals surface area (Å²) in [4.78, 5) is 0. The summed E-state index contributed by atoms with van der Waals surface area (Å²) in [6.45, 7) is 23.5. The highest BCUT2D eigenvalue weighted by atomic mass is 32.9. The second-order valence-corrected chi connectivity index (χ2v) is 24.5. The van der Waals surface area contributed by atoms with Crippen molar-refractivity contribution in [1.29, 1.82) is 0 Å². The normalized spacial score (nSPS) is 13.1. The zero-order valence-electron chi connectivity index (χ0n) is 20.2. The molecule has 0 rings (SSSR count). The number of hydrogen-bond acceptors (Lipinski definition) is 10. The third-order valence-electron chi connectivity index (χ3n) is 2.55. The fraction of sp³-hybridized carbons (Fsp3) is 1.00. The molecule has 30 heavy (non-hydrogen) atoms. The molecule has 12 heteroatoms. The Hall–Kier alpha value is 2.54. The van der Waals surface area contributed by atoms with Gasteiger partial charge in [0.05, 0.1) is 26.4 Å². The molecule has 0 saturated heterocycles. The lowest BCUT2D eigenvalue weighted by atomic mass is 10.3. The lowest BCUT2D eigenvalue weighted by molar-refractivity contribution is 0.280. The molecule has 0 N–H and O–H groups in total. The van der Waals surface area contributed by atoms with Crippen LogP contribution in [0.3, 0.4) is 0 Å². The van der Waals surface area contributed by atoms with Gasteiger partial charge in [-0.2, -0.15) is 0 Å². The molecule has 0 unspecified atom stereocenters. The van der Waals surface area contributed by atoms with Gasteiger partial charge in [0.25, 0.3) is 0 Å².